The third-order valence-electron chi connectivity index (χ3n) is 3.40. The number of amides is 1. The van der Waals surface area contributed by atoms with Crippen LogP contribution < -0.4 is 10.1 Å². The number of aromatic nitrogens is 2. The minimum atomic E-state index is -0.467. The third kappa shape index (κ3) is 3.04. The number of halogens is 1. The van der Waals surface area contributed by atoms with Gasteiger partial charge in [0.25, 0.3) is 5.91 Å². The van der Waals surface area contributed by atoms with E-state index in [1.54, 1.807) is 29.1 Å². The second kappa shape index (κ2) is 6.64. The van der Waals surface area contributed by atoms with Gasteiger partial charge in [-0.1, -0.05) is 29.8 Å². The third-order valence-corrected chi connectivity index (χ3v) is 3.72. The van der Waals surface area contributed by atoms with Crippen molar-refractivity contribution in [3.8, 4) is 17.2 Å². The van der Waals surface area contributed by atoms with E-state index in [0.717, 1.165) is 0 Å². The van der Waals surface area contributed by atoms with Crippen LogP contribution in [0.1, 0.15) is 10.4 Å². The summed E-state index contributed by atoms with van der Waals surface area (Å²) in [5.41, 5.74) is 1.28. The SMILES string of the molecule is COc1cccc(C(=O)Nc2cnn(-c3ccccc3Cl)c2)c1O. The van der Waals surface area contributed by atoms with Crippen LogP contribution in [0.25, 0.3) is 5.69 Å². The van der Waals surface area contributed by atoms with Crippen LogP contribution in [0.2, 0.25) is 5.02 Å². The molecule has 2 N–H and O–H groups in total. The Morgan fingerprint density at radius 3 is 2.79 bits per heavy atom. The molecule has 0 aliphatic rings. The zero-order chi connectivity index (χ0) is 17.1. The number of rotatable bonds is 4. The maximum absolute atomic E-state index is 12.3. The van der Waals surface area contributed by atoms with Gasteiger partial charge in [-0.05, 0) is 24.3 Å². The van der Waals surface area contributed by atoms with Crippen LogP contribution in [-0.4, -0.2) is 27.9 Å². The highest BCUT2D eigenvalue weighted by Gasteiger charge is 2.15. The summed E-state index contributed by atoms with van der Waals surface area (Å²) in [6, 6.07) is 11.9. The van der Waals surface area contributed by atoms with Crippen molar-refractivity contribution in [1.29, 1.82) is 0 Å². The average Bonchev–Trinajstić information content (AvgIpc) is 3.03. The summed E-state index contributed by atoms with van der Waals surface area (Å²) in [7, 11) is 1.42. The molecule has 0 aliphatic heterocycles. The molecular weight excluding hydrogens is 330 g/mol. The molecule has 2 aromatic carbocycles. The van der Waals surface area contributed by atoms with Crippen LogP contribution in [0.15, 0.2) is 54.9 Å². The van der Waals surface area contributed by atoms with E-state index in [-0.39, 0.29) is 17.1 Å². The van der Waals surface area contributed by atoms with Crippen molar-refractivity contribution in [2.75, 3.05) is 12.4 Å². The van der Waals surface area contributed by atoms with E-state index in [2.05, 4.69) is 10.4 Å². The number of para-hydroxylation sites is 2. The molecule has 0 unspecified atom stereocenters. The van der Waals surface area contributed by atoms with Crippen LogP contribution in [0.5, 0.6) is 11.5 Å². The molecule has 122 valence electrons. The second-order valence-electron chi connectivity index (χ2n) is 4.94. The molecule has 7 heteroatoms. The lowest BCUT2D eigenvalue weighted by Crippen LogP contribution is -2.11. The number of aromatic hydroxyl groups is 1. The molecule has 0 bridgehead atoms. The molecule has 0 saturated carbocycles. The normalized spacial score (nSPS) is 10.4. The number of hydrogen-bond donors (Lipinski definition) is 2. The summed E-state index contributed by atoms with van der Waals surface area (Å²) in [5.74, 6) is -0.449. The molecule has 0 saturated heterocycles. The van der Waals surface area contributed by atoms with Gasteiger partial charge >= 0.3 is 0 Å². The summed E-state index contributed by atoms with van der Waals surface area (Å²) in [6.07, 6.45) is 3.13. The average molecular weight is 344 g/mol. The highest BCUT2D eigenvalue weighted by molar-refractivity contribution is 6.32. The van der Waals surface area contributed by atoms with Gasteiger partial charge in [-0.15, -0.1) is 0 Å². The number of benzene rings is 2. The molecule has 1 aromatic heterocycles. The monoisotopic (exact) mass is 343 g/mol. The van der Waals surface area contributed by atoms with Crippen LogP contribution in [-0.2, 0) is 0 Å². The Labute approximate surface area is 143 Å². The van der Waals surface area contributed by atoms with Gasteiger partial charge in [0, 0.05) is 0 Å². The Kier molecular flexibility index (Phi) is 4.39. The van der Waals surface area contributed by atoms with Crippen molar-refractivity contribution in [1.82, 2.24) is 9.78 Å². The number of methoxy groups -OCH3 is 1. The number of anilines is 1. The topological polar surface area (TPSA) is 76.4 Å². The minimum Gasteiger partial charge on any atom is -0.504 e. The van der Waals surface area contributed by atoms with Crippen molar-refractivity contribution in [2.45, 2.75) is 0 Å². The van der Waals surface area contributed by atoms with Crippen molar-refractivity contribution in [2.24, 2.45) is 0 Å². The number of carbonyl (C=O) groups is 1. The Hall–Kier alpha value is -2.99. The predicted octanol–water partition coefficient (Wildman–Crippen LogP) is 3.49. The van der Waals surface area contributed by atoms with E-state index in [0.29, 0.717) is 16.4 Å². The first-order chi connectivity index (χ1) is 11.6. The van der Waals surface area contributed by atoms with E-state index in [4.69, 9.17) is 16.3 Å². The molecule has 3 rings (SSSR count). The van der Waals surface area contributed by atoms with Crippen LogP contribution in [0.4, 0.5) is 5.69 Å². The van der Waals surface area contributed by atoms with Crippen molar-refractivity contribution >= 4 is 23.2 Å². The fourth-order valence-corrected chi connectivity index (χ4v) is 2.45. The van der Waals surface area contributed by atoms with Crippen LogP contribution in [0.3, 0.4) is 0 Å². The Balaban J connectivity index is 1.83. The number of phenols is 1. The largest absolute Gasteiger partial charge is 0.504 e. The number of phenolic OH excluding ortho intramolecular Hbond substituents is 1. The van der Waals surface area contributed by atoms with Gasteiger partial charge in [0.2, 0.25) is 0 Å². The smallest absolute Gasteiger partial charge is 0.259 e. The Morgan fingerprint density at radius 1 is 1.25 bits per heavy atom. The molecule has 0 spiro atoms. The molecule has 1 heterocycles. The highest BCUT2D eigenvalue weighted by atomic mass is 35.5. The number of ether oxygens (including phenoxy) is 1. The molecule has 0 aliphatic carbocycles. The van der Waals surface area contributed by atoms with Gasteiger partial charge in [-0.3, -0.25) is 4.79 Å². The van der Waals surface area contributed by atoms with Gasteiger partial charge in [-0.25, -0.2) is 4.68 Å². The second-order valence-corrected chi connectivity index (χ2v) is 5.34. The van der Waals surface area contributed by atoms with Gasteiger partial charge in [0.05, 0.1) is 41.5 Å². The predicted molar refractivity (Wildman–Crippen MR) is 91.2 cm³/mol. The quantitative estimate of drug-likeness (QED) is 0.760. The highest BCUT2D eigenvalue weighted by Crippen LogP contribution is 2.30. The molecule has 6 nitrogen and oxygen atoms in total. The van der Waals surface area contributed by atoms with Crippen molar-refractivity contribution in [3.05, 3.63) is 65.4 Å². The summed E-state index contributed by atoms with van der Waals surface area (Å²) < 4.78 is 6.56. The van der Waals surface area contributed by atoms with E-state index in [9.17, 15) is 9.90 Å². The van der Waals surface area contributed by atoms with E-state index >= 15 is 0 Å². The van der Waals surface area contributed by atoms with Crippen molar-refractivity contribution < 1.29 is 14.6 Å². The van der Waals surface area contributed by atoms with Crippen LogP contribution in [0, 0.1) is 0 Å². The lowest BCUT2D eigenvalue weighted by Gasteiger charge is -2.08. The Bertz CT molecular complexity index is 892. The first-order valence-corrected chi connectivity index (χ1v) is 7.45. The molecule has 0 radical (unpaired) electrons. The zero-order valence-corrected chi connectivity index (χ0v) is 13.5. The first-order valence-electron chi connectivity index (χ1n) is 7.07. The Morgan fingerprint density at radius 2 is 2.04 bits per heavy atom. The summed E-state index contributed by atoms with van der Waals surface area (Å²) >= 11 is 6.13. The van der Waals surface area contributed by atoms with E-state index < -0.39 is 5.91 Å². The maximum atomic E-state index is 12.3. The number of nitrogens with zero attached hydrogens (tertiary/aromatic N) is 2. The zero-order valence-electron chi connectivity index (χ0n) is 12.7. The van der Waals surface area contributed by atoms with E-state index in [1.807, 2.05) is 18.2 Å². The lowest BCUT2D eigenvalue weighted by molar-refractivity contribution is 0.102. The van der Waals surface area contributed by atoms with Crippen molar-refractivity contribution in [3.63, 3.8) is 0 Å². The van der Waals surface area contributed by atoms with Crippen LogP contribution >= 0.6 is 11.6 Å². The maximum Gasteiger partial charge on any atom is 0.259 e. The molecule has 3 aromatic rings. The summed E-state index contributed by atoms with van der Waals surface area (Å²) in [4.78, 5) is 12.3. The minimum absolute atomic E-state index is 0.111. The van der Waals surface area contributed by atoms with E-state index in [1.165, 1.54) is 19.4 Å². The fraction of sp³-hybridized carbons (Fsp3) is 0.0588. The number of nitrogens with one attached hydrogen (secondary N) is 1. The first kappa shape index (κ1) is 15.9. The molecule has 1 amide bonds. The van der Waals surface area contributed by atoms with Gasteiger partial charge in [0.15, 0.2) is 11.5 Å². The fourth-order valence-electron chi connectivity index (χ4n) is 2.23. The lowest BCUT2D eigenvalue weighted by atomic mass is 10.1. The number of hydrogen-bond acceptors (Lipinski definition) is 4. The molecular formula is C17H14ClN3O3. The molecule has 0 fully saturated rings. The summed E-state index contributed by atoms with van der Waals surface area (Å²) in [6.45, 7) is 0. The molecule has 24 heavy (non-hydrogen) atoms. The van der Waals surface area contributed by atoms with Gasteiger partial charge < -0.3 is 15.2 Å². The molecule has 0 atom stereocenters. The number of carbonyl (C=O) groups excluding carboxylic acids is 1. The standard InChI is InChI=1S/C17H14ClN3O3/c1-24-15-8-4-5-12(16(15)22)17(23)20-11-9-19-21(10-11)14-7-3-2-6-13(14)18/h2-10,22H,1H3,(H,20,23). The van der Waals surface area contributed by atoms with Gasteiger partial charge in [0.1, 0.15) is 0 Å². The van der Waals surface area contributed by atoms with Gasteiger partial charge in [-0.2, -0.15) is 5.10 Å². The summed E-state index contributed by atoms with van der Waals surface area (Å²) in [5, 5.41) is 17.4.